The van der Waals surface area contributed by atoms with E-state index in [4.69, 9.17) is 0 Å². The Balaban J connectivity index is 1.71. The van der Waals surface area contributed by atoms with Crippen molar-refractivity contribution in [2.45, 2.75) is 39.8 Å². The van der Waals surface area contributed by atoms with Crippen molar-refractivity contribution in [1.29, 1.82) is 0 Å². The minimum Gasteiger partial charge on any atom is -0.311 e. The normalized spacial score (nSPS) is 23.8. The van der Waals surface area contributed by atoms with Crippen molar-refractivity contribution in [1.82, 2.24) is 15.1 Å². The van der Waals surface area contributed by atoms with Crippen LogP contribution in [0.2, 0.25) is 0 Å². The average Bonchev–Trinajstić information content (AvgIpc) is 2.63. The predicted octanol–water partition coefficient (Wildman–Crippen LogP) is 2.31. The van der Waals surface area contributed by atoms with Gasteiger partial charge in [0.05, 0.1) is 12.7 Å². The van der Waals surface area contributed by atoms with Crippen LogP contribution in [0.15, 0.2) is 12.4 Å². The summed E-state index contributed by atoms with van der Waals surface area (Å²) in [6, 6.07) is 0.667. The van der Waals surface area contributed by atoms with Crippen LogP contribution in [0.4, 0.5) is 0 Å². The van der Waals surface area contributed by atoms with Crippen molar-refractivity contribution in [2.75, 3.05) is 18.1 Å². The maximum atomic E-state index is 4.30. The summed E-state index contributed by atoms with van der Waals surface area (Å²) in [5, 5.41) is 7.95. The summed E-state index contributed by atoms with van der Waals surface area (Å²) in [5.74, 6) is 2.55. The first-order valence-electron chi connectivity index (χ1n) is 6.35. The summed E-state index contributed by atoms with van der Waals surface area (Å²) in [6.07, 6.45) is 5.30. The van der Waals surface area contributed by atoms with Crippen molar-refractivity contribution in [3.05, 3.63) is 18.0 Å². The second-order valence-corrected chi connectivity index (χ2v) is 6.85. The number of nitrogens with one attached hydrogen (secondary N) is 1. The molecule has 0 aromatic carbocycles. The monoisotopic (exact) mass is 253 g/mol. The third-order valence-corrected chi connectivity index (χ3v) is 4.77. The fourth-order valence-corrected chi connectivity index (χ4v) is 3.67. The van der Waals surface area contributed by atoms with Gasteiger partial charge in [0.1, 0.15) is 0 Å². The minimum absolute atomic E-state index is 0.489. The highest BCUT2D eigenvalue weighted by Gasteiger charge is 2.27. The fraction of sp³-hybridized carbons (Fsp3) is 0.769. The van der Waals surface area contributed by atoms with Crippen LogP contribution in [0.3, 0.4) is 0 Å². The van der Waals surface area contributed by atoms with E-state index in [1.807, 2.05) is 10.9 Å². The quantitative estimate of drug-likeness (QED) is 0.893. The molecule has 4 heteroatoms. The summed E-state index contributed by atoms with van der Waals surface area (Å²) in [7, 11) is 0. The van der Waals surface area contributed by atoms with E-state index in [1.165, 1.54) is 23.5 Å². The number of rotatable bonds is 4. The van der Waals surface area contributed by atoms with Crippen LogP contribution in [0.25, 0.3) is 0 Å². The highest BCUT2D eigenvalue weighted by Crippen LogP contribution is 2.33. The largest absolute Gasteiger partial charge is 0.311 e. The number of aryl methyl sites for hydroxylation is 1. The molecule has 1 aliphatic heterocycles. The first-order chi connectivity index (χ1) is 8.05. The van der Waals surface area contributed by atoms with Gasteiger partial charge in [-0.1, -0.05) is 13.8 Å². The molecule has 0 amide bonds. The van der Waals surface area contributed by atoms with Crippen LogP contribution >= 0.6 is 11.8 Å². The molecule has 1 unspecified atom stereocenters. The van der Waals surface area contributed by atoms with Gasteiger partial charge >= 0.3 is 0 Å². The van der Waals surface area contributed by atoms with Crippen LogP contribution in [0.1, 0.15) is 25.8 Å². The Morgan fingerprint density at radius 1 is 1.59 bits per heavy atom. The summed E-state index contributed by atoms with van der Waals surface area (Å²) < 4.78 is 2.02. The highest BCUT2D eigenvalue weighted by atomic mass is 32.2. The van der Waals surface area contributed by atoms with E-state index < -0.39 is 0 Å². The molecule has 1 aromatic rings. The molecule has 96 valence electrons. The van der Waals surface area contributed by atoms with Crippen LogP contribution in [-0.2, 0) is 6.54 Å². The lowest BCUT2D eigenvalue weighted by atomic mass is 9.88. The topological polar surface area (TPSA) is 29.9 Å². The number of nitrogens with zero attached hydrogens (tertiary/aromatic N) is 2. The van der Waals surface area contributed by atoms with Gasteiger partial charge in [-0.15, -0.1) is 0 Å². The third kappa shape index (κ3) is 4.03. The van der Waals surface area contributed by atoms with Gasteiger partial charge in [0.25, 0.3) is 0 Å². The second-order valence-electron chi connectivity index (χ2n) is 5.82. The molecule has 0 spiro atoms. The fourth-order valence-electron chi connectivity index (χ4n) is 2.37. The van der Waals surface area contributed by atoms with Gasteiger partial charge in [0, 0.05) is 24.5 Å². The maximum absolute atomic E-state index is 4.30. The van der Waals surface area contributed by atoms with Crippen molar-refractivity contribution in [3.63, 3.8) is 0 Å². The Labute approximate surface area is 108 Å². The number of hydrogen-bond donors (Lipinski definition) is 1. The van der Waals surface area contributed by atoms with Crippen molar-refractivity contribution in [2.24, 2.45) is 5.41 Å². The van der Waals surface area contributed by atoms with Gasteiger partial charge in [-0.05, 0) is 30.1 Å². The zero-order valence-electron chi connectivity index (χ0n) is 11.1. The zero-order chi connectivity index (χ0) is 12.3. The number of aromatic nitrogens is 2. The van der Waals surface area contributed by atoms with Gasteiger partial charge in [-0.3, -0.25) is 4.68 Å². The van der Waals surface area contributed by atoms with E-state index in [9.17, 15) is 0 Å². The zero-order valence-corrected chi connectivity index (χ0v) is 11.9. The summed E-state index contributed by atoms with van der Waals surface area (Å²) in [6.45, 7) is 8.80. The van der Waals surface area contributed by atoms with E-state index in [0.717, 1.165) is 13.1 Å². The molecule has 1 saturated heterocycles. The highest BCUT2D eigenvalue weighted by molar-refractivity contribution is 7.99. The molecule has 1 aliphatic rings. The molecule has 2 heterocycles. The lowest BCUT2D eigenvalue weighted by Gasteiger charge is -2.35. The van der Waals surface area contributed by atoms with E-state index in [0.29, 0.717) is 11.5 Å². The standard InChI is InChI=1S/C13H23N3S/c1-11-7-15-16(8-11)5-4-14-12-6-13(2,3)10-17-9-12/h7-8,12,14H,4-6,9-10H2,1-3H3. The summed E-state index contributed by atoms with van der Waals surface area (Å²) >= 11 is 2.08. The van der Waals surface area contributed by atoms with Crippen LogP contribution in [-0.4, -0.2) is 33.9 Å². The van der Waals surface area contributed by atoms with Crippen LogP contribution in [0, 0.1) is 12.3 Å². The van der Waals surface area contributed by atoms with Gasteiger partial charge in [-0.25, -0.2) is 0 Å². The average molecular weight is 253 g/mol. The molecule has 17 heavy (non-hydrogen) atoms. The van der Waals surface area contributed by atoms with Crippen LogP contribution in [0.5, 0.6) is 0 Å². The molecular weight excluding hydrogens is 230 g/mol. The van der Waals surface area contributed by atoms with Gasteiger partial charge in [0.15, 0.2) is 0 Å². The molecule has 0 radical (unpaired) electrons. The van der Waals surface area contributed by atoms with Crippen molar-refractivity contribution >= 4 is 11.8 Å². The van der Waals surface area contributed by atoms with Crippen molar-refractivity contribution < 1.29 is 0 Å². The van der Waals surface area contributed by atoms with E-state index in [2.05, 4.69) is 49.1 Å². The molecule has 1 N–H and O–H groups in total. The van der Waals surface area contributed by atoms with Gasteiger partial charge in [-0.2, -0.15) is 16.9 Å². The molecule has 0 bridgehead atoms. The predicted molar refractivity (Wildman–Crippen MR) is 74.5 cm³/mol. The van der Waals surface area contributed by atoms with E-state index >= 15 is 0 Å². The lowest BCUT2D eigenvalue weighted by molar-refractivity contribution is 0.315. The van der Waals surface area contributed by atoms with E-state index in [-0.39, 0.29) is 0 Å². The Bertz CT molecular complexity index is 359. The Hall–Kier alpha value is -0.480. The first kappa shape index (κ1) is 13.0. The summed E-state index contributed by atoms with van der Waals surface area (Å²) in [4.78, 5) is 0. The first-order valence-corrected chi connectivity index (χ1v) is 7.51. The molecule has 1 fully saturated rings. The molecule has 3 nitrogen and oxygen atoms in total. The molecule has 1 aromatic heterocycles. The smallest absolute Gasteiger partial charge is 0.0534 e. The Morgan fingerprint density at radius 2 is 2.41 bits per heavy atom. The molecule has 0 aliphatic carbocycles. The minimum atomic E-state index is 0.489. The Morgan fingerprint density at radius 3 is 3.06 bits per heavy atom. The Kier molecular flexibility index (Phi) is 4.15. The molecule has 1 atom stereocenters. The van der Waals surface area contributed by atoms with Gasteiger partial charge in [0.2, 0.25) is 0 Å². The molecule has 0 saturated carbocycles. The van der Waals surface area contributed by atoms with Gasteiger partial charge < -0.3 is 5.32 Å². The summed E-state index contributed by atoms with van der Waals surface area (Å²) in [5.41, 5.74) is 1.72. The number of thioether (sulfide) groups is 1. The second kappa shape index (κ2) is 5.44. The van der Waals surface area contributed by atoms with E-state index in [1.54, 1.807) is 0 Å². The lowest BCUT2D eigenvalue weighted by Crippen LogP contribution is -2.41. The molecule has 2 rings (SSSR count). The number of hydrogen-bond acceptors (Lipinski definition) is 3. The molecular formula is C13H23N3S. The SMILES string of the molecule is Cc1cnn(CCNC2CSCC(C)(C)C2)c1. The maximum Gasteiger partial charge on any atom is 0.0534 e. The van der Waals surface area contributed by atoms with Crippen LogP contribution < -0.4 is 5.32 Å². The third-order valence-electron chi connectivity index (χ3n) is 3.15. The van der Waals surface area contributed by atoms with Crippen molar-refractivity contribution in [3.8, 4) is 0 Å².